The molecule has 4 heteroatoms. The van der Waals surface area contributed by atoms with Gasteiger partial charge in [0.15, 0.2) is 0 Å². The van der Waals surface area contributed by atoms with E-state index in [1.165, 1.54) is 0 Å². The maximum atomic E-state index is 8.65. The first kappa shape index (κ1) is 10.1. The quantitative estimate of drug-likeness (QED) is 0.572. The summed E-state index contributed by atoms with van der Waals surface area (Å²) in [4.78, 5) is 3.98. The van der Waals surface area contributed by atoms with Crippen molar-refractivity contribution in [2.45, 2.75) is 12.6 Å². The molecule has 1 aromatic rings. The molecule has 0 amide bonds. The Labute approximate surface area is 77.8 Å². The van der Waals surface area contributed by atoms with Crippen LogP contribution in [0.25, 0.3) is 0 Å². The van der Waals surface area contributed by atoms with Crippen molar-refractivity contribution in [3.05, 3.63) is 30.1 Å². The van der Waals surface area contributed by atoms with E-state index in [9.17, 15) is 0 Å². The predicted octanol–water partition coefficient (Wildman–Crippen LogP) is -0.509. The number of nitrogens with zero attached hydrogens (tertiary/aromatic N) is 1. The van der Waals surface area contributed by atoms with Gasteiger partial charge in [0.2, 0.25) is 0 Å². The van der Waals surface area contributed by atoms with Crippen molar-refractivity contribution in [3.63, 3.8) is 0 Å². The van der Waals surface area contributed by atoms with Crippen LogP contribution in [-0.2, 0) is 6.54 Å². The van der Waals surface area contributed by atoms with Crippen molar-refractivity contribution in [1.29, 1.82) is 0 Å². The van der Waals surface area contributed by atoms with Crippen molar-refractivity contribution in [1.82, 2.24) is 10.3 Å². The summed E-state index contributed by atoms with van der Waals surface area (Å²) < 4.78 is 0. The number of nitrogens with one attached hydrogen (secondary N) is 1. The lowest BCUT2D eigenvalue weighted by Crippen LogP contribution is -2.36. The van der Waals surface area contributed by atoms with E-state index in [2.05, 4.69) is 10.3 Å². The van der Waals surface area contributed by atoms with Gasteiger partial charge < -0.3 is 16.2 Å². The SMILES string of the molecule is NC(CO)CNCc1cccnc1. The second-order valence-corrected chi connectivity index (χ2v) is 2.93. The summed E-state index contributed by atoms with van der Waals surface area (Å²) in [5, 5.41) is 11.8. The molecule has 1 heterocycles. The Hall–Kier alpha value is -0.970. The standard InChI is InChI=1S/C9H15N3O/c10-9(7-13)6-12-5-8-2-1-3-11-4-8/h1-4,9,12-13H,5-7,10H2. The van der Waals surface area contributed by atoms with Gasteiger partial charge in [-0.3, -0.25) is 4.98 Å². The largest absolute Gasteiger partial charge is 0.395 e. The van der Waals surface area contributed by atoms with Crippen molar-refractivity contribution in [3.8, 4) is 0 Å². The highest BCUT2D eigenvalue weighted by Gasteiger charge is 1.98. The highest BCUT2D eigenvalue weighted by Crippen LogP contribution is 1.93. The Morgan fingerprint density at radius 1 is 1.62 bits per heavy atom. The Morgan fingerprint density at radius 2 is 2.46 bits per heavy atom. The molecule has 72 valence electrons. The first-order valence-corrected chi connectivity index (χ1v) is 4.29. The average Bonchev–Trinajstić information content (AvgIpc) is 2.19. The number of aliphatic hydroxyl groups is 1. The molecule has 0 aliphatic heterocycles. The van der Waals surface area contributed by atoms with Gasteiger partial charge in [0.1, 0.15) is 0 Å². The van der Waals surface area contributed by atoms with Crippen molar-refractivity contribution < 1.29 is 5.11 Å². The van der Waals surface area contributed by atoms with Crippen LogP contribution >= 0.6 is 0 Å². The number of aliphatic hydroxyl groups excluding tert-OH is 1. The lowest BCUT2D eigenvalue weighted by Gasteiger charge is -2.08. The van der Waals surface area contributed by atoms with Gasteiger partial charge >= 0.3 is 0 Å². The van der Waals surface area contributed by atoms with Gasteiger partial charge in [0.05, 0.1) is 6.61 Å². The van der Waals surface area contributed by atoms with Crippen molar-refractivity contribution >= 4 is 0 Å². The highest BCUT2D eigenvalue weighted by molar-refractivity contribution is 5.07. The van der Waals surface area contributed by atoms with Gasteiger partial charge in [0.25, 0.3) is 0 Å². The van der Waals surface area contributed by atoms with Crippen LogP contribution in [0.5, 0.6) is 0 Å². The Kier molecular flexibility index (Phi) is 4.39. The number of hydrogen-bond acceptors (Lipinski definition) is 4. The van der Waals surface area contributed by atoms with Crippen LogP contribution in [0.1, 0.15) is 5.56 Å². The summed E-state index contributed by atoms with van der Waals surface area (Å²) in [5.74, 6) is 0. The molecule has 4 nitrogen and oxygen atoms in total. The topological polar surface area (TPSA) is 71.2 Å². The number of rotatable bonds is 5. The van der Waals surface area contributed by atoms with Gasteiger partial charge in [0, 0.05) is 31.5 Å². The fourth-order valence-electron chi connectivity index (χ4n) is 0.969. The molecule has 0 aliphatic carbocycles. The number of hydrogen-bond donors (Lipinski definition) is 3. The second-order valence-electron chi connectivity index (χ2n) is 2.93. The fourth-order valence-corrected chi connectivity index (χ4v) is 0.969. The third-order valence-electron chi connectivity index (χ3n) is 1.69. The molecular weight excluding hydrogens is 166 g/mol. The van der Waals surface area contributed by atoms with E-state index in [0.29, 0.717) is 6.54 Å². The van der Waals surface area contributed by atoms with Crippen LogP contribution in [0.15, 0.2) is 24.5 Å². The van der Waals surface area contributed by atoms with E-state index in [4.69, 9.17) is 10.8 Å². The minimum absolute atomic E-state index is 0.0139. The lowest BCUT2D eigenvalue weighted by atomic mass is 10.2. The van der Waals surface area contributed by atoms with Gasteiger partial charge in [-0.2, -0.15) is 0 Å². The summed E-state index contributed by atoms with van der Waals surface area (Å²) in [5.41, 5.74) is 6.63. The first-order valence-electron chi connectivity index (χ1n) is 4.29. The Morgan fingerprint density at radius 3 is 3.08 bits per heavy atom. The predicted molar refractivity (Wildman–Crippen MR) is 51.0 cm³/mol. The second kappa shape index (κ2) is 5.64. The summed E-state index contributed by atoms with van der Waals surface area (Å²) in [6.07, 6.45) is 3.54. The number of nitrogens with two attached hydrogens (primary N) is 1. The molecule has 0 aliphatic rings. The molecule has 0 fully saturated rings. The van der Waals surface area contributed by atoms with E-state index in [1.54, 1.807) is 12.4 Å². The maximum Gasteiger partial charge on any atom is 0.0594 e. The van der Waals surface area contributed by atoms with Gasteiger partial charge in [-0.05, 0) is 11.6 Å². The fraction of sp³-hybridized carbons (Fsp3) is 0.444. The van der Waals surface area contributed by atoms with Crippen LogP contribution in [-0.4, -0.2) is 29.3 Å². The summed E-state index contributed by atoms with van der Waals surface area (Å²) >= 11 is 0. The van der Waals surface area contributed by atoms with E-state index in [0.717, 1.165) is 12.1 Å². The third kappa shape index (κ3) is 3.98. The van der Waals surface area contributed by atoms with Crippen LogP contribution in [0, 0.1) is 0 Å². The van der Waals surface area contributed by atoms with E-state index >= 15 is 0 Å². The zero-order valence-corrected chi connectivity index (χ0v) is 7.48. The molecular formula is C9H15N3O. The molecule has 13 heavy (non-hydrogen) atoms. The van der Waals surface area contributed by atoms with Crippen LogP contribution < -0.4 is 11.1 Å². The zero-order valence-electron chi connectivity index (χ0n) is 7.48. The molecule has 0 bridgehead atoms. The molecule has 1 aromatic heterocycles. The molecule has 1 unspecified atom stereocenters. The molecule has 4 N–H and O–H groups in total. The number of pyridine rings is 1. The normalized spacial score (nSPS) is 12.8. The lowest BCUT2D eigenvalue weighted by molar-refractivity contribution is 0.262. The van der Waals surface area contributed by atoms with Crippen LogP contribution in [0.4, 0.5) is 0 Å². The van der Waals surface area contributed by atoms with E-state index in [-0.39, 0.29) is 12.6 Å². The monoisotopic (exact) mass is 181 g/mol. The zero-order chi connectivity index (χ0) is 9.52. The van der Waals surface area contributed by atoms with Gasteiger partial charge in [-0.25, -0.2) is 0 Å². The summed E-state index contributed by atoms with van der Waals surface area (Å²) in [6, 6.07) is 3.70. The van der Waals surface area contributed by atoms with Crippen LogP contribution in [0.3, 0.4) is 0 Å². The van der Waals surface area contributed by atoms with E-state index < -0.39 is 0 Å². The molecule has 0 spiro atoms. The minimum atomic E-state index is -0.184. The molecule has 1 atom stereocenters. The van der Waals surface area contributed by atoms with Gasteiger partial charge in [-0.15, -0.1) is 0 Å². The Bertz CT molecular complexity index is 228. The minimum Gasteiger partial charge on any atom is -0.395 e. The molecule has 0 saturated carbocycles. The maximum absolute atomic E-state index is 8.65. The van der Waals surface area contributed by atoms with Crippen molar-refractivity contribution in [2.24, 2.45) is 5.73 Å². The smallest absolute Gasteiger partial charge is 0.0594 e. The molecule has 0 radical (unpaired) electrons. The molecule has 0 aromatic carbocycles. The molecule has 1 rings (SSSR count). The first-order chi connectivity index (χ1) is 6.33. The average molecular weight is 181 g/mol. The van der Waals surface area contributed by atoms with Gasteiger partial charge in [-0.1, -0.05) is 6.07 Å². The molecule has 0 saturated heterocycles. The van der Waals surface area contributed by atoms with Crippen molar-refractivity contribution in [2.75, 3.05) is 13.2 Å². The van der Waals surface area contributed by atoms with Crippen LogP contribution in [0.2, 0.25) is 0 Å². The third-order valence-corrected chi connectivity index (χ3v) is 1.69. The Balaban J connectivity index is 2.20. The van der Waals surface area contributed by atoms with E-state index in [1.807, 2.05) is 12.1 Å². The number of aromatic nitrogens is 1. The summed E-state index contributed by atoms with van der Waals surface area (Å²) in [7, 11) is 0. The highest BCUT2D eigenvalue weighted by atomic mass is 16.3. The summed E-state index contributed by atoms with van der Waals surface area (Å²) in [6.45, 7) is 1.37.